The number of nitrogens with zero attached hydrogens (tertiary/aromatic N) is 3. The first-order valence-electron chi connectivity index (χ1n) is 10.9. The van der Waals surface area contributed by atoms with Gasteiger partial charge in [0.2, 0.25) is 0 Å². The van der Waals surface area contributed by atoms with Gasteiger partial charge in [-0.2, -0.15) is 5.10 Å². The molecule has 0 radical (unpaired) electrons. The van der Waals surface area contributed by atoms with Crippen LogP contribution in [-0.2, 0) is 25.8 Å². The van der Waals surface area contributed by atoms with Gasteiger partial charge in [-0.25, -0.2) is 14.5 Å². The van der Waals surface area contributed by atoms with Crippen molar-refractivity contribution in [3.63, 3.8) is 0 Å². The van der Waals surface area contributed by atoms with E-state index in [2.05, 4.69) is 42.8 Å². The SMILES string of the molecule is CCCCc1nc(CCCC)n(Cc2ccc(Cc3ccccc3C(=O)O)cc2)n1. The second-order valence-electron chi connectivity index (χ2n) is 7.76. The summed E-state index contributed by atoms with van der Waals surface area (Å²) in [5.74, 6) is 1.14. The van der Waals surface area contributed by atoms with Crippen LogP contribution in [0.4, 0.5) is 0 Å². The van der Waals surface area contributed by atoms with Crippen molar-refractivity contribution in [2.45, 2.75) is 65.3 Å². The van der Waals surface area contributed by atoms with Crippen LogP contribution in [0.15, 0.2) is 48.5 Å². The minimum Gasteiger partial charge on any atom is -0.478 e. The van der Waals surface area contributed by atoms with E-state index in [0.717, 1.165) is 61.3 Å². The normalized spacial score (nSPS) is 11.0. The molecule has 5 heteroatoms. The number of carboxylic acid groups (broad SMARTS) is 1. The monoisotopic (exact) mass is 405 g/mol. The van der Waals surface area contributed by atoms with E-state index in [1.54, 1.807) is 12.1 Å². The van der Waals surface area contributed by atoms with Crippen molar-refractivity contribution in [3.05, 3.63) is 82.4 Å². The molecule has 0 aliphatic carbocycles. The third kappa shape index (κ3) is 5.78. The fraction of sp³-hybridized carbons (Fsp3) is 0.400. The second kappa shape index (κ2) is 10.7. The lowest BCUT2D eigenvalue weighted by Gasteiger charge is -2.09. The zero-order chi connectivity index (χ0) is 21.3. The predicted molar refractivity (Wildman–Crippen MR) is 119 cm³/mol. The van der Waals surface area contributed by atoms with Crippen molar-refractivity contribution in [2.75, 3.05) is 0 Å². The molecule has 0 saturated heterocycles. The van der Waals surface area contributed by atoms with Gasteiger partial charge in [-0.15, -0.1) is 0 Å². The van der Waals surface area contributed by atoms with Gasteiger partial charge in [-0.3, -0.25) is 0 Å². The Morgan fingerprint density at radius 1 is 0.933 bits per heavy atom. The number of benzene rings is 2. The van der Waals surface area contributed by atoms with E-state index in [0.29, 0.717) is 18.5 Å². The lowest BCUT2D eigenvalue weighted by Crippen LogP contribution is -2.07. The Kier molecular flexibility index (Phi) is 7.77. The van der Waals surface area contributed by atoms with Gasteiger partial charge < -0.3 is 5.11 Å². The molecule has 158 valence electrons. The average Bonchev–Trinajstić information content (AvgIpc) is 3.13. The third-order valence-electron chi connectivity index (χ3n) is 5.30. The number of aromatic carboxylic acids is 1. The molecule has 1 N–H and O–H groups in total. The van der Waals surface area contributed by atoms with Crippen molar-refractivity contribution in [3.8, 4) is 0 Å². The predicted octanol–water partition coefficient (Wildman–Crippen LogP) is 5.30. The molecule has 0 bridgehead atoms. The van der Waals surface area contributed by atoms with Gasteiger partial charge in [0.15, 0.2) is 5.82 Å². The minimum atomic E-state index is -0.883. The minimum absolute atomic E-state index is 0.365. The number of hydrogen-bond acceptors (Lipinski definition) is 3. The summed E-state index contributed by atoms with van der Waals surface area (Å²) in [5.41, 5.74) is 3.47. The molecule has 0 aliphatic heterocycles. The molecule has 1 heterocycles. The highest BCUT2D eigenvalue weighted by atomic mass is 16.4. The first-order valence-corrected chi connectivity index (χ1v) is 10.9. The Morgan fingerprint density at radius 2 is 1.60 bits per heavy atom. The fourth-order valence-electron chi connectivity index (χ4n) is 3.55. The van der Waals surface area contributed by atoms with Gasteiger partial charge in [0.1, 0.15) is 5.82 Å². The summed E-state index contributed by atoms with van der Waals surface area (Å²) in [7, 11) is 0. The van der Waals surface area contributed by atoms with Crippen LogP contribution in [0.25, 0.3) is 0 Å². The Morgan fingerprint density at radius 3 is 2.30 bits per heavy atom. The maximum absolute atomic E-state index is 11.4. The molecule has 0 aliphatic rings. The average molecular weight is 406 g/mol. The third-order valence-corrected chi connectivity index (χ3v) is 5.30. The van der Waals surface area contributed by atoms with Crippen LogP contribution in [0.2, 0.25) is 0 Å². The molecule has 2 aromatic carbocycles. The van der Waals surface area contributed by atoms with Crippen LogP contribution in [0.5, 0.6) is 0 Å². The molecule has 0 atom stereocenters. The van der Waals surface area contributed by atoms with Crippen molar-refractivity contribution < 1.29 is 9.90 Å². The molecule has 3 aromatic rings. The molecule has 1 aromatic heterocycles. The first kappa shape index (κ1) is 21.8. The van der Waals surface area contributed by atoms with Crippen molar-refractivity contribution in [1.82, 2.24) is 14.8 Å². The summed E-state index contributed by atoms with van der Waals surface area (Å²) in [6.07, 6.45) is 7.02. The number of carboxylic acids is 1. The van der Waals surface area contributed by atoms with Crippen LogP contribution >= 0.6 is 0 Å². The smallest absolute Gasteiger partial charge is 0.335 e. The molecular formula is C25H31N3O2. The molecular weight excluding hydrogens is 374 g/mol. The van der Waals surface area contributed by atoms with E-state index in [-0.39, 0.29) is 0 Å². The second-order valence-corrected chi connectivity index (χ2v) is 7.76. The molecule has 30 heavy (non-hydrogen) atoms. The Hall–Kier alpha value is -2.95. The number of aromatic nitrogens is 3. The summed E-state index contributed by atoms with van der Waals surface area (Å²) in [6.45, 7) is 5.09. The van der Waals surface area contributed by atoms with Gasteiger partial charge in [0, 0.05) is 12.8 Å². The lowest BCUT2D eigenvalue weighted by atomic mass is 9.99. The molecule has 5 nitrogen and oxygen atoms in total. The first-order chi connectivity index (χ1) is 14.6. The maximum atomic E-state index is 11.4. The van der Waals surface area contributed by atoms with Crippen LogP contribution < -0.4 is 0 Å². The van der Waals surface area contributed by atoms with E-state index in [9.17, 15) is 9.90 Å². The molecule has 0 unspecified atom stereocenters. The molecule has 3 rings (SSSR count). The van der Waals surface area contributed by atoms with Gasteiger partial charge in [-0.05, 0) is 42.0 Å². The highest BCUT2D eigenvalue weighted by Gasteiger charge is 2.11. The van der Waals surface area contributed by atoms with Crippen LogP contribution in [-0.4, -0.2) is 25.8 Å². The Bertz CT molecular complexity index is 961. The number of carbonyl (C=O) groups is 1. The van der Waals surface area contributed by atoms with Gasteiger partial charge >= 0.3 is 5.97 Å². The van der Waals surface area contributed by atoms with E-state index in [1.807, 2.05) is 12.1 Å². The van der Waals surface area contributed by atoms with Crippen molar-refractivity contribution in [1.29, 1.82) is 0 Å². The number of aryl methyl sites for hydroxylation is 2. The summed E-state index contributed by atoms with van der Waals surface area (Å²) >= 11 is 0. The van der Waals surface area contributed by atoms with Crippen molar-refractivity contribution in [2.24, 2.45) is 0 Å². The van der Waals surface area contributed by atoms with E-state index in [4.69, 9.17) is 10.1 Å². The number of unbranched alkanes of at least 4 members (excludes halogenated alkanes) is 2. The highest BCUT2D eigenvalue weighted by molar-refractivity contribution is 5.89. The van der Waals surface area contributed by atoms with Crippen LogP contribution in [0.1, 0.15) is 78.2 Å². The quantitative estimate of drug-likeness (QED) is 0.470. The lowest BCUT2D eigenvalue weighted by molar-refractivity contribution is 0.0696. The summed E-state index contributed by atoms with van der Waals surface area (Å²) in [6, 6.07) is 15.6. The van der Waals surface area contributed by atoms with E-state index in [1.165, 1.54) is 5.56 Å². The fourth-order valence-corrected chi connectivity index (χ4v) is 3.55. The molecule has 0 saturated carbocycles. The van der Waals surface area contributed by atoms with Crippen molar-refractivity contribution >= 4 is 5.97 Å². The van der Waals surface area contributed by atoms with Gasteiger partial charge in [0.25, 0.3) is 0 Å². The topological polar surface area (TPSA) is 68.0 Å². The number of hydrogen-bond donors (Lipinski definition) is 1. The van der Waals surface area contributed by atoms with Crippen LogP contribution in [0.3, 0.4) is 0 Å². The summed E-state index contributed by atoms with van der Waals surface area (Å²) in [5, 5.41) is 14.1. The van der Waals surface area contributed by atoms with Crippen LogP contribution in [0, 0.1) is 0 Å². The standard InChI is InChI=1S/C25H31N3O2/c1-3-5-11-23-26-24(12-6-4-2)28(27-23)18-20-15-13-19(14-16-20)17-21-9-7-8-10-22(21)25(29)30/h7-10,13-16H,3-6,11-12,17-18H2,1-2H3,(H,29,30). The zero-order valence-electron chi connectivity index (χ0n) is 18.0. The van der Waals surface area contributed by atoms with E-state index < -0.39 is 5.97 Å². The molecule has 0 spiro atoms. The van der Waals surface area contributed by atoms with Gasteiger partial charge in [-0.1, -0.05) is 69.2 Å². The Balaban J connectivity index is 1.72. The maximum Gasteiger partial charge on any atom is 0.335 e. The Labute approximate surface area is 178 Å². The summed E-state index contributed by atoms with van der Waals surface area (Å²) < 4.78 is 2.05. The van der Waals surface area contributed by atoms with Gasteiger partial charge in [0.05, 0.1) is 12.1 Å². The zero-order valence-corrected chi connectivity index (χ0v) is 18.0. The molecule has 0 fully saturated rings. The number of rotatable bonds is 11. The highest BCUT2D eigenvalue weighted by Crippen LogP contribution is 2.16. The van der Waals surface area contributed by atoms with E-state index >= 15 is 0 Å². The molecule has 0 amide bonds. The summed E-state index contributed by atoms with van der Waals surface area (Å²) in [4.78, 5) is 16.2. The largest absolute Gasteiger partial charge is 0.478 e.